The summed E-state index contributed by atoms with van der Waals surface area (Å²) in [7, 11) is 0. The maximum Gasteiger partial charge on any atom is 0.242 e. The number of piperidine rings is 1. The van der Waals surface area contributed by atoms with E-state index in [0.717, 1.165) is 12.8 Å². The third kappa shape index (κ3) is 6.32. The van der Waals surface area contributed by atoms with Gasteiger partial charge in [-0.3, -0.25) is 14.4 Å². The zero-order chi connectivity index (χ0) is 22.4. The van der Waals surface area contributed by atoms with E-state index < -0.39 is 0 Å². The standard InChI is InChI=1S/C20H20BrCl2N5O3/c21-19-7-17(18(8-24-19)25-11-29)26-15-2-1-3-27(9-15)20(31)10-28(12-30)16-5-13(22)4-14(23)6-16/h4-8,11-12,15H,1-3,9-10H2,(H,24,26)(H,25,29)/t15-/m0/s1. The molecule has 1 aromatic heterocycles. The van der Waals surface area contributed by atoms with Crippen molar-refractivity contribution in [3.05, 3.63) is 45.1 Å². The first kappa shape index (κ1) is 23.3. The Labute approximate surface area is 198 Å². The maximum atomic E-state index is 12.9. The first-order chi connectivity index (χ1) is 14.9. The second-order valence-electron chi connectivity index (χ2n) is 7.00. The minimum Gasteiger partial charge on any atom is -0.379 e. The van der Waals surface area contributed by atoms with Crippen LogP contribution in [0.25, 0.3) is 0 Å². The summed E-state index contributed by atoms with van der Waals surface area (Å²) in [5, 5.41) is 6.75. The van der Waals surface area contributed by atoms with Gasteiger partial charge in [0.15, 0.2) is 0 Å². The quantitative estimate of drug-likeness (QED) is 0.401. The number of anilines is 3. The summed E-state index contributed by atoms with van der Waals surface area (Å²) in [6.45, 7) is 0.938. The van der Waals surface area contributed by atoms with Gasteiger partial charge in [-0.25, -0.2) is 4.98 Å². The Kier molecular flexibility index (Phi) is 8.11. The average molecular weight is 529 g/mol. The number of likely N-dealkylation sites (tertiary alicyclic amines) is 1. The Hall–Kier alpha value is -2.36. The van der Waals surface area contributed by atoms with Crippen molar-refractivity contribution in [2.45, 2.75) is 18.9 Å². The molecule has 0 unspecified atom stereocenters. The van der Waals surface area contributed by atoms with E-state index in [1.165, 1.54) is 4.90 Å². The van der Waals surface area contributed by atoms with Crippen molar-refractivity contribution in [2.75, 3.05) is 35.2 Å². The molecule has 1 saturated heterocycles. The molecule has 31 heavy (non-hydrogen) atoms. The molecule has 8 nitrogen and oxygen atoms in total. The monoisotopic (exact) mass is 527 g/mol. The number of nitrogens with zero attached hydrogens (tertiary/aromatic N) is 3. The Bertz CT molecular complexity index is 958. The van der Waals surface area contributed by atoms with Gasteiger partial charge >= 0.3 is 0 Å². The predicted octanol–water partition coefficient (Wildman–Crippen LogP) is 3.79. The molecule has 2 aromatic rings. The van der Waals surface area contributed by atoms with Crippen molar-refractivity contribution >= 4 is 74.9 Å². The Morgan fingerprint density at radius 3 is 2.65 bits per heavy atom. The fraction of sp³-hybridized carbons (Fsp3) is 0.300. The lowest BCUT2D eigenvalue weighted by atomic mass is 10.0. The number of rotatable bonds is 8. The third-order valence-electron chi connectivity index (χ3n) is 4.83. The zero-order valence-corrected chi connectivity index (χ0v) is 19.5. The summed E-state index contributed by atoms with van der Waals surface area (Å²) in [5.74, 6) is -0.183. The molecule has 2 heterocycles. The number of hydrogen-bond acceptors (Lipinski definition) is 5. The SMILES string of the molecule is O=CNc1cnc(Br)cc1N[C@H]1CCCN(C(=O)CN(C=O)c2cc(Cl)cc(Cl)c2)C1. The number of hydrogen-bond donors (Lipinski definition) is 2. The molecule has 1 aliphatic heterocycles. The van der Waals surface area contributed by atoms with Crippen LogP contribution in [0.3, 0.4) is 0 Å². The molecule has 11 heteroatoms. The number of aromatic nitrogens is 1. The molecule has 164 valence electrons. The normalized spacial score (nSPS) is 15.8. The highest BCUT2D eigenvalue weighted by atomic mass is 79.9. The van der Waals surface area contributed by atoms with Crippen molar-refractivity contribution in [3.8, 4) is 0 Å². The number of nitrogens with one attached hydrogen (secondary N) is 2. The second-order valence-corrected chi connectivity index (χ2v) is 8.68. The van der Waals surface area contributed by atoms with Crippen LogP contribution in [0.1, 0.15) is 12.8 Å². The summed E-state index contributed by atoms with van der Waals surface area (Å²) in [5.41, 5.74) is 1.71. The lowest BCUT2D eigenvalue weighted by molar-refractivity contribution is -0.131. The summed E-state index contributed by atoms with van der Waals surface area (Å²) in [6, 6.07) is 6.47. The number of halogens is 3. The summed E-state index contributed by atoms with van der Waals surface area (Å²) < 4.78 is 0.622. The van der Waals surface area contributed by atoms with Crippen LogP contribution >= 0.6 is 39.1 Å². The molecule has 0 bridgehead atoms. The van der Waals surface area contributed by atoms with Gasteiger partial charge in [0.05, 0.1) is 17.6 Å². The summed E-state index contributed by atoms with van der Waals surface area (Å²) >= 11 is 15.4. The second kappa shape index (κ2) is 10.8. The van der Waals surface area contributed by atoms with E-state index in [-0.39, 0.29) is 18.5 Å². The first-order valence-electron chi connectivity index (χ1n) is 9.47. The number of benzene rings is 1. The van der Waals surface area contributed by atoms with Crippen LogP contribution < -0.4 is 15.5 Å². The number of carbonyl (C=O) groups excluding carboxylic acids is 3. The van der Waals surface area contributed by atoms with E-state index in [1.54, 1.807) is 35.4 Å². The molecule has 1 aliphatic rings. The van der Waals surface area contributed by atoms with Crippen molar-refractivity contribution < 1.29 is 14.4 Å². The maximum absolute atomic E-state index is 12.9. The zero-order valence-electron chi connectivity index (χ0n) is 16.4. The van der Waals surface area contributed by atoms with E-state index in [1.807, 2.05) is 0 Å². The van der Waals surface area contributed by atoms with Gasteiger partial charge in [0, 0.05) is 34.9 Å². The van der Waals surface area contributed by atoms with Gasteiger partial charge in [-0.05, 0) is 53.0 Å². The predicted molar refractivity (Wildman–Crippen MR) is 125 cm³/mol. The molecule has 1 atom stereocenters. The fourth-order valence-corrected chi connectivity index (χ4v) is 4.26. The van der Waals surface area contributed by atoms with E-state index in [2.05, 4.69) is 31.5 Å². The summed E-state index contributed by atoms with van der Waals surface area (Å²) in [4.78, 5) is 42.4. The highest BCUT2D eigenvalue weighted by Crippen LogP contribution is 2.27. The van der Waals surface area contributed by atoms with Crippen molar-refractivity contribution in [1.82, 2.24) is 9.88 Å². The molecule has 0 spiro atoms. The molecular weight excluding hydrogens is 509 g/mol. The molecule has 0 aliphatic carbocycles. The highest BCUT2D eigenvalue weighted by molar-refractivity contribution is 9.10. The van der Waals surface area contributed by atoms with Crippen molar-refractivity contribution in [1.29, 1.82) is 0 Å². The van der Waals surface area contributed by atoms with Gasteiger partial charge in [-0.1, -0.05) is 23.2 Å². The molecule has 2 N–H and O–H groups in total. The van der Waals surface area contributed by atoms with Crippen molar-refractivity contribution in [3.63, 3.8) is 0 Å². The van der Waals surface area contributed by atoms with E-state index in [4.69, 9.17) is 23.2 Å². The van der Waals surface area contributed by atoms with Gasteiger partial charge in [-0.2, -0.15) is 0 Å². The summed E-state index contributed by atoms with van der Waals surface area (Å²) in [6.07, 6.45) is 4.38. The first-order valence-corrected chi connectivity index (χ1v) is 11.0. The largest absolute Gasteiger partial charge is 0.379 e. The van der Waals surface area contributed by atoms with Crippen LogP contribution in [-0.2, 0) is 14.4 Å². The van der Waals surface area contributed by atoms with Crippen LogP contribution in [-0.4, -0.2) is 54.3 Å². The molecule has 3 rings (SSSR count). The lowest BCUT2D eigenvalue weighted by Gasteiger charge is -2.35. The van der Waals surface area contributed by atoms with Crippen LogP contribution in [0.5, 0.6) is 0 Å². The number of carbonyl (C=O) groups is 3. The van der Waals surface area contributed by atoms with Crippen LogP contribution in [0, 0.1) is 0 Å². The van der Waals surface area contributed by atoms with Gasteiger partial charge < -0.3 is 20.4 Å². The molecular formula is C20H20BrCl2N5O3. The van der Waals surface area contributed by atoms with Crippen LogP contribution in [0.4, 0.5) is 17.1 Å². The minimum atomic E-state index is -0.183. The van der Waals surface area contributed by atoms with Gasteiger partial charge in [-0.15, -0.1) is 0 Å². The smallest absolute Gasteiger partial charge is 0.242 e. The average Bonchev–Trinajstić information content (AvgIpc) is 2.73. The van der Waals surface area contributed by atoms with Crippen LogP contribution in [0.15, 0.2) is 35.1 Å². The number of pyridine rings is 1. The minimum absolute atomic E-state index is 0.0236. The highest BCUT2D eigenvalue weighted by Gasteiger charge is 2.26. The van der Waals surface area contributed by atoms with E-state index >= 15 is 0 Å². The fourth-order valence-electron chi connectivity index (χ4n) is 3.41. The van der Waals surface area contributed by atoms with E-state index in [9.17, 15) is 14.4 Å². The Morgan fingerprint density at radius 1 is 1.23 bits per heavy atom. The number of amides is 3. The Balaban J connectivity index is 1.67. The third-order valence-corrected chi connectivity index (χ3v) is 5.70. The molecule has 1 aromatic carbocycles. The topological polar surface area (TPSA) is 94.6 Å². The van der Waals surface area contributed by atoms with E-state index in [0.29, 0.717) is 57.6 Å². The van der Waals surface area contributed by atoms with Gasteiger partial charge in [0.2, 0.25) is 18.7 Å². The van der Waals surface area contributed by atoms with Gasteiger partial charge in [0.25, 0.3) is 0 Å². The van der Waals surface area contributed by atoms with Gasteiger partial charge in [0.1, 0.15) is 11.1 Å². The molecule has 0 saturated carbocycles. The van der Waals surface area contributed by atoms with Crippen molar-refractivity contribution in [2.24, 2.45) is 0 Å². The lowest BCUT2D eigenvalue weighted by Crippen LogP contribution is -2.48. The molecule has 3 amide bonds. The van der Waals surface area contributed by atoms with Crippen LogP contribution in [0.2, 0.25) is 10.0 Å². The molecule has 1 fully saturated rings. The molecule has 0 radical (unpaired) electrons. The Morgan fingerprint density at radius 2 is 1.97 bits per heavy atom.